The molecule has 0 amide bonds. The number of benzene rings is 1. The van der Waals surface area contributed by atoms with Crippen LogP contribution in [-0.2, 0) is 11.5 Å². The highest BCUT2D eigenvalue weighted by molar-refractivity contribution is 5.52. The second-order valence-corrected chi connectivity index (χ2v) is 5.31. The van der Waals surface area contributed by atoms with E-state index in [0.29, 0.717) is 44.0 Å². The van der Waals surface area contributed by atoms with Crippen LogP contribution in [0.5, 0.6) is 11.5 Å². The molecule has 0 unspecified atom stereocenters. The van der Waals surface area contributed by atoms with Crippen molar-refractivity contribution in [3.63, 3.8) is 0 Å². The molecule has 0 atom stereocenters. The normalized spacial score (nSPS) is 20.8. The van der Waals surface area contributed by atoms with E-state index in [1.165, 1.54) is 12.1 Å². The van der Waals surface area contributed by atoms with Crippen molar-refractivity contribution in [2.45, 2.75) is 37.7 Å². The number of hydrogen-bond acceptors (Lipinski definition) is 3. The summed E-state index contributed by atoms with van der Waals surface area (Å²) in [7, 11) is 0. The molecule has 0 bridgehead atoms. The number of alkyl halides is 2. The van der Waals surface area contributed by atoms with E-state index in [2.05, 4.69) is 0 Å². The van der Waals surface area contributed by atoms with E-state index >= 15 is 0 Å². The molecular weight excluding hydrogens is 254 g/mol. The van der Waals surface area contributed by atoms with Crippen LogP contribution in [-0.4, -0.2) is 18.3 Å². The summed E-state index contributed by atoms with van der Waals surface area (Å²) >= 11 is 0. The predicted molar refractivity (Wildman–Crippen MR) is 64.7 cm³/mol. The molecule has 1 fully saturated rings. The van der Waals surface area contributed by atoms with Gasteiger partial charge in [-0.25, -0.2) is 8.78 Å². The molecule has 3 nitrogen and oxygen atoms in total. The second kappa shape index (κ2) is 4.07. The average Bonchev–Trinajstić information content (AvgIpc) is 3.10. The van der Waals surface area contributed by atoms with Gasteiger partial charge in [-0.1, -0.05) is 0 Å². The molecule has 1 aromatic rings. The Morgan fingerprint density at radius 2 is 1.74 bits per heavy atom. The van der Waals surface area contributed by atoms with Crippen LogP contribution >= 0.6 is 0 Å². The first-order chi connectivity index (χ1) is 8.90. The van der Waals surface area contributed by atoms with Gasteiger partial charge >= 0.3 is 0 Å². The lowest BCUT2D eigenvalue weighted by atomic mass is 9.95. The minimum Gasteiger partial charge on any atom is -0.490 e. The number of ether oxygens (including phenoxy) is 2. The zero-order valence-corrected chi connectivity index (χ0v) is 10.7. The SMILES string of the molecule is CC(F)(F)c1cc2c(cc1C1(O)CC1)OCCCO2. The third-order valence-corrected chi connectivity index (χ3v) is 3.59. The van der Waals surface area contributed by atoms with Gasteiger partial charge in [0.1, 0.15) is 0 Å². The van der Waals surface area contributed by atoms with Gasteiger partial charge in [-0.15, -0.1) is 0 Å². The number of aliphatic hydroxyl groups is 1. The summed E-state index contributed by atoms with van der Waals surface area (Å²) in [6, 6.07) is 2.83. The molecule has 0 spiro atoms. The summed E-state index contributed by atoms with van der Waals surface area (Å²) < 4.78 is 38.4. The first-order valence-corrected chi connectivity index (χ1v) is 6.45. The van der Waals surface area contributed by atoms with Crippen molar-refractivity contribution < 1.29 is 23.4 Å². The highest BCUT2D eigenvalue weighted by atomic mass is 19.3. The molecule has 1 aromatic carbocycles. The van der Waals surface area contributed by atoms with Gasteiger partial charge in [0, 0.05) is 18.9 Å². The molecular formula is C14H16F2O3. The van der Waals surface area contributed by atoms with Crippen LogP contribution < -0.4 is 9.47 Å². The van der Waals surface area contributed by atoms with Crippen LogP contribution in [0.3, 0.4) is 0 Å². The minimum absolute atomic E-state index is 0.170. The number of halogens is 2. The molecule has 0 saturated heterocycles. The van der Waals surface area contributed by atoms with Gasteiger partial charge in [0.2, 0.25) is 0 Å². The van der Waals surface area contributed by atoms with Gasteiger partial charge in [0.15, 0.2) is 11.5 Å². The fraction of sp³-hybridized carbons (Fsp3) is 0.571. The van der Waals surface area contributed by atoms with Gasteiger partial charge in [0.25, 0.3) is 5.92 Å². The van der Waals surface area contributed by atoms with Crippen LogP contribution in [0.2, 0.25) is 0 Å². The molecule has 3 rings (SSSR count). The van der Waals surface area contributed by atoms with Crippen LogP contribution in [0.4, 0.5) is 8.78 Å². The Kier molecular flexibility index (Phi) is 2.71. The van der Waals surface area contributed by atoms with Gasteiger partial charge in [-0.2, -0.15) is 0 Å². The molecule has 0 radical (unpaired) electrons. The topological polar surface area (TPSA) is 38.7 Å². The fourth-order valence-electron chi connectivity index (χ4n) is 2.34. The quantitative estimate of drug-likeness (QED) is 0.898. The zero-order valence-electron chi connectivity index (χ0n) is 10.7. The van der Waals surface area contributed by atoms with E-state index < -0.39 is 11.5 Å². The van der Waals surface area contributed by atoms with E-state index in [9.17, 15) is 13.9 Å². The van der Waals surface area contributed by atoms with Crippen LogP contribution in [0.1, 0.15) is 37.3 Å². The summed E-state index contributed by atoms with van der Waals surface area (Å²) in [6.45, 7) is 1.78. The van der Waals surface area contributed by atoms with Gasteiger partial charge in [-0.05, 0) is 30.5 Å². The summed E-state index contributed by atoms with van der Waals surface area (Å²) in [4.78, 5) is 0. The molecule has 0 aromatic heterocycles. The summed E-state index contributed by atoms with van der Waals surface area (Å²) in [5, 5.41) is 10.2. The molecule has 1 aliphatic heterocycles. The summed E-state index contributed by atoms with van der Waals surface area (Å²) in [6.07, 6.45) is 1.73. The highest BCUT2D eigenvalue weighted by Crippen LogP contribution is 2.52. The lowest BCUT2D eigenvalue weighted by molar-refractivity contribution is 0.0122. The van der Waals surface area contributed by atoms with Gasteiger partial charge < -0.3 is 14.6 Å². The number of hydrogen-bond donors (Lipinski definition) is 1. The van der Waals surface area contributed by atoms with Crippen LogP contribution in [0.25, 0.3) is 0 Å². The molecule has 19 heavy (non-hydrogen) atoms. The van der Waals surface area contributed by atoms with E-state index in [1.54, 1.807) is 0 Å². The van der Waals surface area contributed by atoms with Crippen LogP contribution in [0, 0.1) is 0 Å². The van der Waals surface area contributed by atoms with Crippen molar-refractivity contribution in [2.24, 2.45) is 0 Å². The molecule has 2 aliphatic rings. The average molecular weight is 270 g/mol. The second-order valence-electron chi connectivity index (χ2n) is 5.31. The van der Waals surface area contributed by atoms with Gasteiger partial charge in [-0.3, -0.25) is 0 Å². The van der Waals surface area contributed by atoms with Crippen molar-refractivity contribution in [1.82, 2.24) is 0 Å². The fourth-order valence-corrected chi connectivity index (χ4v) is 2.34. The third-order valence-electron chi connectivity index (χ3n) is 3.59. The third kappa shape index (κ3) is 2.27. The Hall–Kier alpha value is -1.36. The van der Waals surface area contributed by atoms with Crippen molar-refractivity contribution in [2.75, 3.05) is 13.2 Å². The standard InChI is InChI=1S/C14H16F2O3/c1-13(15,16)9-7-11-12(19-6-2-5-18-11)8-10(9)14(17)3-4-14/h7-8,17H,2-6H2,1H3. The van der Waals surface area contributed by atoms with E-state index in [-0.39, 0.29) is 11.1 Å². The molecule has 104 valence electrons. The van der Waals surface area contributed by atoms with Crippen LogP contribution in [0.15, 0.2) is 12.1 Å². The lowest BCUT2D eigenvalue weighted by Gasteiger charge is -2.21. The van der Waals surface area contributed by atoms with Gasteiger partial charge in [0.05, 0.1) is 18.8 Å². The summed E-state index contributed by atoms with van der Waals surface area (Å²) in [5.74, 6) is -2.24. The maximum Gasteiger partial charge on any atom is 0.271 e. The Morgan fingerprint density at radius 3 is 2.26 bits per heavy atom. The first kappa shape index (κ1) is 12.7. The van der Waals surface area contributed by atoms with Crippen molar-refractivity contribution in [3.8, 4) is 11.5 Å². The van der Waals surface area contributed by atoms with E-state index in [4.69, 9.17) is 9.47 Å². The minimum atomic E-state index is -3.02. The molecule has 1 saturated carbocycles. The maximum atomic E-state index is 13.7. The predicted octanol–water partition coefficient (Wildman–Crippen LogP) is 2.94. The summed E-state index contributed by atoms with van der Waals surface area (Å²) in [5.41, 5.74) is -1.03. The first-order valence-electron chi connectivity index (χ1n) is 6.45. The lowest BCUT2D eigenvalue weighted by Crippen LogP contribution is -2.17. The molecule has 5 heteroatoms. The maximum absolute atomic E-state index is 13.7. The Bertz CT molecular complexity index is 470. The van der Waals surface area contributed by atoms with E-state index in [0.717, 1.165) is 6.92 Å². The molecule has 1 aliphatic carbocycles. The largest absolute Gasteiger partial charge is 0.490 e. The van der Waals surface area contributed by atoms with E-state index in [1.807, 2.05) is 0 Å². The monoisotopic (exact) mass is 270 g/mol. The molecule has 1 heterocycles. The number of fused-ring (bicyclic) bond motifs is 1. The number of rotatable bonds is 2. The van der Waals surface area contributed by atoms with Crippen molar-refractivity contribution in [1.29, 1.82) is 0 Å². The Morgan fingerprint density at radius 1 is 1.16 bits per heavy atom. The zero-order chi connectivity index (χ0) is 13.7. The highest BCUT2D eigenvalue weighted by Gasteiger charge is 2.47. The molecule has 1 N–H and O–H groups in total. The Balaban J connectivity index is 2.14. The smallest absolute Gasteiger partial charge is 0.271 e. The Labute approximate surface area is 110 Å². The van der Waals surface area contributed by atoms with Crippen molar-refractivity contribution >= 4 is 0 Å². The van der Waals surface area contributed by atoms with Crippen molar-refractivity contribution in [3.05, 3.63) is 23.3 Å².